The third-order valence-electron chi connectivity index (χ3n) is 2.96. The monoisotopic (exact) mass is 237 g/mol. The lowest BCUT2D eigenvalue weighted by molar-refractivity contribution is -0.127. The first-order chi connectivity index (χ1) is 8.25. The van der Waals surface area contributed by atoms with Gasteiger partial charge in [-0.2, -0.15) is 0 Å². The normalized spacial score (nSPS) is 15.1. The van der Waals surface area contributed by atoms with Gasteiger partial charge in [0.2, 0.25) is 5.91 Å². The van der Waals surface area contributed by atoms with E-state index in [-0.39, 0.29) is 17.6 Å². The molecule has 1 amide bonds. The molecule has 1 saturated carbocycles. The fraction of sp³-hybridized carbons (Fsp3) is 0.462. The summed E-state index contributed by atoms with van der Waals surface area (Å²) in [4.78, 5) is 11.5. The molecule has 0 unspecified atom stereocenters. The first-order valence-corrected chi connectivity index (χ1v) is 5.92. The Kier molecular flexibility index (Phi) is 3.96. The quantitative estimate of drug-likeness (QED) is 0.797. The topological polar surface area (TPSA) is 38.3 Å². The van der Waals surface area contributed by atoms with Crippen molar-refractivity contribution in [3.63, 3.8) is 0 Å². The Hall–Kier alpha value is -1.58. The lowest BCUT2D eigenvalue weighted by Crippen LogP contribution is -2.36. The Balaban J connectivity index is 1.62. The molecule has 2 rings (SSSR count). The van der Waals surface area contributed by atoms with E-state index < -0.39 is 0 Å². The van der Waals surface area contributed by atoms with Gasteiger partial charge < -0.3 is 10.1 Å². The molecule has 0 radical (unpaired) electrons. The van der Waals surface area contributed by atoms with Crippen LogP contribution in [0, 0.1) is 11.7 Å². The molecule has 4 heteroatoms. The van der Waals surface area contributed by atoms with Crippen molar-refractivity contribution < 1.29 is 13.9 Å². The van der Waals surface area contributed by atoms with Crippen molar-refractivity contribution in [1.82, 2.24) is 5.32 Å². The largest absolute Gasteiger partial charge is 0.492 e. The van der Waals surface area contributed by atoms with Crippen LogP contribution in [0.4, 0.5) is 4.39 Å². The molecule has 17 heavy (non-hydrogen) atoms. The maximum absolute atomic E-state index is 12.6. The SMILES string of the molecule is O=C(NCCOc1ccc(F)cc1)C1CCC1. The standard InChI is InChI=1S/C13H16FNO2/c14-11-4-6-12(7-5-11)17-9-8-15-13(16)10-2-1-3-10/h4-7,10H,1-3,8-9H2,(H,15,16). The van der Waals surface area contributed by atoms with E-state index in [4.69, 9.17) is 4.74 Å². The summed E-state index contributed by atoms with van der Waals surface area (Å²) in [5.41, 5.74) is 0. The highest BCUT2D eigenvalue weighted by atomic mass is 19.1. The molecule has 0 aromatic heterocycles. The number of hydrogen-bond acceptors (Lipinski definition) is 2. The summed E-state index contributed by atoms with van der Waals surface area (Å²) in [6.07, 6.45) is 3.17. The Bertz CT molecular complexity index is 374. The van der Waals surface area contributed by atoms with Gasteiger partial charge in [-0.1, -0.05) is 6.42 Å². The van der Waals surface area contributed by atoms with Crippen LogP contribution < -0.4 is 10.1 Å². The maximum atomic E-state index is 12.6. The number of carbonyl (C=O) groups excluding carboxylic acids is 1. The van der Waals surface area contributed by atoms with E-state index in [1.54, 1.807) is 12.1 Å². The first kappa shape index (κ1) is 11.9. The summed E-state index contributed by atoms with van der Waals surface area (Å²) < 4.78 is 18.0. The van der Waals surface area contributed by atoms with Gasteiger partial charge in [-0.3, -0.25) is 4.79 Å². The Morgan fingerprint density at radius 3 is 2.65 bits per heavy atom. The van der Waals surface area contributed by atoms with Gasteiger partial charge in [0.15, 0.2) is 0 Å². The lowest BCUT2D eigenvalue weighted by Gasteiger charge is -2.23. The predicted molar refractivity (Wildman–Crippen MR) is 62.2 cm³/mol. The van der Waals surface area contributed by atoms with Gasteiger partial charge in [-0.25, -0.2) is 4.39 Å². The van der Waals surface area contributed by atoms with E-state index in [9.17, 15) is 9.18 Å². The number of rotatable bonds is 5. The zero-order chi connectivity index (χ0) is 12.1. The van der Waals surface area contributed by atoms with Gasteiger partial charge in [0, 0.05) is 5.92 Å². The Morgan fingerprint density at radius 2 is 2.06 bits per heavy atom. The summed E-state index contributed by atoms with van der Waals surface area (Å²) in [7, 11) is 0. The molecule has 1 aromatic rings. The van der Waals surface area contributed by atoms with Crippen molar-refractivity contribution >= 4 is 5.91 Å². The van der Waals surface area contributed by atoms with Gasteiger partial charge in [0.25, 0.3) is 0 Å². The van der Waals surface area contributed by atoms with Crippen LogP contribution in [-0.2, 0) is 4.79 Å². The van der Waals surface area contributed by atoms with Crippen LogP contribution in [0.3, 0.4) is 0 Å². The minimum atomic E-state index is -0.282. The molecule has 0 bridgehead atoms. The lowest BCUT2D eigenvalue weighted by atomic mass is 9.85. The van der Waals surface area contributed by atoms with Gasteiger partial charge in [0.05, 0.1) is 6.54 Å². The number of benzene rings is 1. The molecule has 0 spiro atoms. The summed E-state index contributed by atoms with van der Waals surface area (Å²) in [6, 6.07) is 5.84. The van der Waals surface area contributed by atoms with Crippen LogP contribution in [0.15, 0.2) is 24.3 Å². The van der Waals surface area contributed by atoms with E-state index >= 15 is 0 Å². The van der Waals surface area contributed by atoms with Crippen molar-refractivity contribution in [3.05, 3.63) is 30.1 Å². The third-order valence-corrected chi connectivity index (χ3v) is 2.96. The third kappa shape index (κ3) is 3.44. The second-order valence-electron chi connectivity index (χ2n) is 4.22. The number of nitrogens with one attached hydrogen (secondary N) is 1. The highest BCUT2D eigenvalue weighted by molar-refractivity contribution is 5.79. The average Bonchev–Trinajstić information content (AvgIpc) is 2.24. The van der Waals surface area contributed by atoms with Crippen molar-refractivity contribution in [1.29, 1.82) is 0 Å². The molecule has 1 N–H and O–H groups in total. The number of amides is 1. The molecule has 92 valence electrons. The van der Waals surface area contributed by atoms with E-state index in [1.165, 1.54) is 12.1 Å². The molecule has 1 aliphatic carbocycles. The van der Waals surface area contributed by atoms with Crippen molar-refractivity contribution in [2.45, 2.75) is 19.3 Å². The van der Waals surface area contributed by atoms with Gasteiger partial charge in [-0.05, 0) is 37.1 Å². The van der Waals surface area contributed by atoms with E-state index in [0.717, 1.165) is 19.3 Å². The molecule has 1 fully saturated rings. The van der Waals surface area contributed by atoms with Crippen molar-refractivity contribution in [2.75, 3.05) is 13.2 Å². The molecule has 1 aromatic carbocycles. The van der Waals surface area contributed by atoms with E-state index in [2.05, 4.69) is 5.32 Å². The number of ether oxygens (including phenoxy) is 1. The zero-order valence-electron chi connectivity index (χ0n) is 9.62. The van der Waals surface area contributed by atoms with Crippen molar-refractivity contribution in [2.24, 2.45) is 5.92 Å². The van der Waals surface area contributed by atoms with Crippen LogP contribution >= 0.6 is 0 Å². The number of carbonyl (C=O) groups is 1. The molecule has 1 aliphatic rings. The predicted octanol–water partition coefficient (Wildman–Crippen LogP) is 2.12. The average molecular weight is 237 g/mol. The van der Waals surface area contributed by atoms with Gasteiger partial charge in [0.1, 0.15) is 18.2 Å². The smallest absolute Gasteiger partial charge is 0.223 e. The number of hydrogen-bond donors (Lipinski definition) is 1. The molecule has 0 aliphatic heterocycles. The fourth-order valence-corrected chi connectivity index (χ4v) is 1.69. The van der Waals surface area contributed by atoms with Crippen LogP contribution in [0.1, 0.15) is 19.3 Å². The fourth-order valence-electron chi connectivity index (χ4n) is 1.69. The van der Waals surface area contributed by atoms with Crippen LogP contribution in [0.5, 0.6) is 5.75 Å². The minimum absolute atomic E-state index is 0.124. The van der Waals surface area contributed by atoms with Crippen LogP contribution in [0.2, 0.25) is 0 Å². The maximum Gasteiger partial charge on any atom is 0.223 e. The van der Waals surface area contributed by atoms with E-state index in [1.807, 2.05) is 0 Å². The molecular formula is C13H16FNO2. The summed E-state index contributed by atoms with van der Waals surface area (Å²) in [5.74, 6) is 0.666. The second-order valence-corrected chi connectivity index (χ2v) is 4.22. The second kappa shape index (κ2) is 5.66. The zero-order valence-corrected chi connectivity index (χ0v) is 9.62. The van der Waals surface area contributed by atoms with E-state index in [0.29, 0.717) is 18.9 Å². The summed E-state index contributed by atoms with van der Waals surface area (Å²) in [5, 5.41) is 2.83. The van der Waals surface area contributed by atoms with Gasteiger partial charge in [-0.15, -0.1) is 0 Å². The first-order valence-electron chi connectivity index (χ1n) is 5.92. The number of halogens is 1. The molecule has 3 nitrogen and oxygen atoms in total. The molecule has 0 atom stereocenters. The highest BCUT2D eigenvalue weighted by Gasteiger charge is 2.24. The van der Waals surface area contributed by atoms with Crippen LogP contribution in [-0.4, -0.2) is 19.1 Å². The molecule has 0 saturated heterocycles. The molecule has 0 heterocycles. The Morgan fingerprint density at radius 1 is 1.35 bits per heavy atom. The molecular weight excluding hydrogens is 221 g/mol. The van der Waals surface area contributed by atoms with Crippen molar-refractivity contribution in [3.8, 4) is 5.75 Å². The van der Waals surface area contributed by atoms with Gasteiger partial charge >= 0.3 is 0 Å². The summed E-state index contributed by atoms with van der Waals surface area (Å²) in [6.45, 7) is 0.900. The Labute approximate surface area is 100.0 Å². The highest BCUT2D eigenvalue weighted by Crippen LogP contribution is 2.25. The van der Waals surface area contributed by atoms with Crippen LogP contribution in [0.25, 0.3) is 0 Å². The summed E-state index contributed by atoms with van der Waals surface area (Å²) >= 11 is 0. The minimum Gasteiger partial charge on any atom is -0.492 e.